The molecule has 3 aromatic heterocycles. The topological polar surface area (TPSA) is 43.3 Å². The molecule has 0 fully saturated rings. The lowest BCUT2D eigenvalue weighted by molar-refractivity contribution is 0.669. The lowest BCUT2D eigenvalue weighted by atomic mass is 9.86. The van der Waals surface area contributed by atoms with Crippen molar-refractivity contribution in [3.63, 3.8) is 0 Å². The number of benzene rings is 7. The zero-order valence-corrected chi connectivity index (χ0v) is 27.3. The van der Waals surface area contributed by atoms with Crippen molar-refractivity contribution in [3.05, 3.63) is 175 Å². The van der Waals surface area contributed by atoms with E-state index in [9.17, 15) is 0 Å². The van der Waals surface area contributed by atoms with Gasteiger partial charge in [-0.3, -0.25) is 9.97 Å². The predicted molar refractivity (Wildman–Crippen MR) is 210 cm³/mol. The molecule has 0 bridgehead atoms. The Labute approximate surface area is 293 Å². The lowest BCUT2D eigenvalue weighted by Crippen LogP contribution is -1.91. The number of hydrogen-bond donors (Lipinski definition) is 0. The Morgan fingerprint density at radius 2 is 0.902 bits per heavy atom. The fourth-order valence-corrected chi connectivity index (χ4v) is 7.58. The van der Waals surface area contributed by atoms with Crippen molar-refractivity contribution in [2.75, 3.05) is 0 Å². The first kappa shape index (κ1) is 28.9. The third kappa shape index (κ3) is 4.75. The fraction of sp³-hybridized carbons (Fsp3) is 0. The van der Waals surface area contributed by atoms with E-state index in [1.807, 2.05) is 54.9 Å². The molecule has 0 saturated heterocycles. The molecular formula is C47H27N3O. The van der Waals surface area contributed by atoms with Crippen molar-refractivity contribution >= 4 is 59.9 Å². The van der Waals surface area contributed by atoms with Gasteiger partial charge in [0.15, 0.2) is 5.69 Å². The first-order valence-electron chi connectivity index (χ1n) is 16.9. The molecule has 0 saturated carbocycles. The van der Waals surface area contributed by atoms with Crippen LogP contribution in [0.4, 0.5) is 5.69 Å². The summed E-state index contributed by atoms with van der Waals surface area (Å²) in [5.41, 5.74) is 10.7. The maximum atomic E-state index is 7.55. The summed E-state index contributed by atoms with van der Waals surface area (Å²) in [4.78, 5) is 13.1. The monoisotopic (exact) mass is 649 g/mol. The maximum absolute atomic E-state index is 7.55. The minimum atomic E-state index is 0.603. The average molecular weight is 650 g/mol. The van der Waals surface area contributed by atoms with Crippen molar-refractivity contribution < 1.29 is 4.42 Å². The molecule has 10 rings (SSSR count). The van der Waals surface area contributed by atoms with Gasteiger partial charge in [-0.05, 0) is 133 Å². The molecule has 0 atom stereocenters. The smallest absolute Gasteiger partial charge is 0.188 e. The van der Waals surface area contributed by atoms with Gasteiger partial charge in [-0.15, -0.1) is 0 Å². The van der Waals surface area contributed by atoms with Crippen molar-refractivity contribution in [1.29, 1.82) is 0 Å². The van der Waals surface area contributed by atoms with Gasteiger partial charge in [0, 0.05) is 34.3 Å². The molecule has 0 radical (unpaired) electrons. The SMILES string of the molecule is [C-]#[N+]c1ccc2oc3ccc(-c4cc5c6ccccc6c(-c6cc(-c7ccccn7)cc(-c7ccccn7)c6)cc5c5ccccc45)cc3c2c1. The van der Waals surface area contributed by atoms with E-state index < -0.39 is 0 Å². The number of furan rings is 1. The van der Waals surface area contributed by atoms with E-state index in [1.165, 1.54) is 32.3 Å². The Hall–Kier alpha value is -7.09. The molecule has 4 heteroatoms. The van der Waals surface area contributed by atoms with Crippen LogP contribution in [-0.2, 0) is 0 Å². The molecular weight excluding hydrogens is 623 g/mol. The molecule has 0 N–H and O–H groups in total. The fourth-order valence-electron chi connectivity index (χ4n) is 7.58. The highest BCUT2D eigenvalue weighted by atomic mass is 16.3. The van der Waals surface area contributed by atoms with E-state index in [-0.39, 0.29) is 0 Å². The van der Waals surface area contributed by atoms with E-state index in [2.05, 4.69) is 114 Å². The zero-order valence-electron chi connectivity index (χ0n) is 27.3. The molecule has 51 heavy (non-hydrogen) atoms. The van der Waals surface area contributed by atoms with Crippen LogP contribution in [-0.4, -0.2) is 9.97 Å². The van der Waals surface area contributed by atoms with Crippen molar-refractivity contribution in [2.24, 2.45) is 0 Å². The summed E-state index contributed by atoms with van der Waals surface area (Å²) in [7, 11) is 0. The van der Waals surface area contributed by atoms with Gasteiger partial charge in [0.2, 0.25) is 0 Å². The van der Waals surface area contributed by atoms with E-state index in [1.54, 1.807) is 0 Å². The van der Waals surface area contributed by atoms with Crippen LogP contribution in [0.15, 0.2) is 168 Å². The van der Waals surface area contributed by atoms with Crippen LogP contribution in [0.2, 0.25) is 0 Å². The number of nitrogens with zero attached hydrogens (tertiary/aromatic N) is 3. The van der Waals surface area contributed by atoms with Crippen molar-refractivity contribution in [2.45, 2.75) is 0 Å². The van der Waals surface area contributed by atoms with Gasteiger partial charge in [-0.25, -0.2) is 4.85 Å². The standard InChI is InChI=1S/C47H27N3O/c1-48-33-17-19-47-43(26-33)42-25-29(16-18-46(42)51-47)38-27-40-37-13-5-3-11-35(37)39(28-41(40)36-12-4-2-10-34(36)38)30-22-31(44-14-6-8-20-49-44)24-32(23-30)45-15-7-9-21-50-45/h2-28H. The van der Waals surface area contributed by atoms with E-state index in [0.29, 0.717) is 5.69 Å². The first-order chi connectivity index (χ1) is 25.2. The number of aromatic nitrogens is 2. The first-order valence-corrected chi connectivity index (χ1v) is 16.9. The lowest BCUT2D eigenvalue weighted by Gasteiger charge is -2.17. The van der Waals surface area contributed by atoms with Gasteiger partial charge >= 0.3 is 0 Å². The predicted octanol–water partition coefficient (Wildman–Crippen LogP) is 13.1. The van der Waals surface area contributed by atoms with Crippen molar-refractivity contribution in [1.82, 2.24) is 9.97 Å². The molecule has 0 unspecified atom stereocenters. The Kier molecular flexibility index (Phi) is 6.52. The molecule has 236 valence electrons. The third-order valence-corrected chi connectivity index (χ3v) is 9.94. The second-order valence-corrected chi connectivity index (χ2v) is 12.9. The summed E-state index contributed by atoms with van der Waals surface area (Å²) in [6, 6.07) is 52.9. The highest BCUT2D eigenvalue weighted by Crippen LogP contribution is 2.44. The zero-order chi connectivity index (χ0) is 33.9. The van der Waals surface area contributed by atoms with Crippen LogP contribution in [0.1, 0.15) is 0 Å². The highest BCUT2D eigenvalue weighted by molar-refractivity contribution is 6.24. The second kappa shape index (κ2) is 11.5. The molecule has 3 heterocycles. The van der Waals surface area contributed by atoms with Crippen LogP contribution in [0.5, 0.6) is 0 Å². The van der Waals surface area contributed by atoms with Crippen LogP contribution >= 0.6 is 0 Å². The molecule has 0 aliphatic rings. The molecule has 0 aliphatic carbocycles. The summed E-state index contributed by atoms with van der Waals surface area (Å²) >= 11 is 0. The van der Waals surface area contributed by atoms with E-state index >= 15 is 0 Å². The van der Waals surface area contributed by atoms with Crippen LogP contribution in [0.25, 0.3) is 104 Å². The van der Waals surface area contributed by atoms with Crippen LogP contribution in [0, 0.1) is 6.57 Å². The minimum Gasteiger partial charge on any atom is -0.456 e. The Morgan fingerprint density at radius 1 is 0.392 bits per heavy atom. The summed E-state index contributed by atoms with van der Waals surface area (Å²) in [6.45, 7) is 7.55. The van der Waals surface area contributed by atoms with Gasteiger partial charge < -0.3 is 4.42 Å². The molecule has 4 nitrogen and oxygen atoms in total. The number of fused-ring (bicyclic) bond motifs is 8. The quantitative estimate of drug-likeness (QED) is 0.141. The molecule has 10 aromatic rings. The molecule has 7 aromatic carbocycles. The summed E-state index contributed by atoms with van der Waals surface area (Å²) in [5, 5.41) is 9.10. The van der Waals surface area contributed by atoms with Gasteiger partial charge in [-0.1, -0.05) is 72.8 Å². The van der Waals surface area contributed by atoms with Gasteiger partial charge in [-0.2, -0.15) is 0 Å². The summed E-state index contributed by atoms with van der Waals surface area (Å²) in [6.07, 6.45) is 3.68. The molecule has 0 aliphatic heterocycles. The Morgan fingerprint density at radius 3 is 1.47 bits per heavy atom. The molecule has 0 amide bonds. The number of rotatable bonds is 4. The average Bonchev–Trinajstić information content (AvgIpc) is 3.58. The van der Waals surface area contributed by atoms with Crippen LogP contribution < -0.4 is 0 Å². The number of pyridine rings is 2. The van der Waals surface area contributed by atoms with E-state index in [0.717, 1.165) is 66.7 Å². The van der Waals surface area contributed by atoms with E-state index in [4.69, 9.17) is 21.0 Å². The van der Waals surface area contributed by atoms with Crippen LogP contribution in [0.3, 0.4) is 0 Å². The Bertz CT molecular complexity index is 2970. The summed E-state index contributed by atoms with van der Waals surface area (Å²) in [5.74, 6) is 0. The largest absolute Gasteiger partial charge is 0.456 e. The minimum absolute atomic E-state index is 0.603. The normalized spacial score (nSPS) is 11.5. The molecule has 0 spiro atoms. The van der Waals surface area contributed by atoms with Gasteiger partial charge in [0.1, 0.15) is 11.2 Å². The van der Waals surface area contributed by atoms with Crippen molar-refractivity contribution in [3.8, 4) is 44.8 Å². The third-order valence-electron chi connectivity index (χ3n) is 9.94. The Balaban J connectivity index is 1.25. The second-order valence-electron chi connectivity index (χ2n) is 12.9. The summed E-state index contributed by atoms with van der Waals surface area (Å²) < 4.78 is 6.18. The maximum Gasteiger partial charge on any atom is 0.188 e. The van der Waals surface area contributed by atoms with Gasteiger partial charge in [0.25, 0.3) is 0 Å². The van der Waals surface area contributed by atoms with Gasteiger partial charge in [0.05, 0.1) is 18.0 Å². The highest BCUT2D eigenvalue weighted by Gasteiger charge is 2.17. The number of hydrogen-bond acceptors (Lipinski definition) is 3.